The molecule has 2 N–H and O–H groups in total. The molecule has 5 heteroatoms. The molecule has 4 nitrogen and oxygen atoms in total. The standard InChI is InChI=1S/C7H8ClN3O/c1-2-3-11-7(12)6(8)5(9)4-10-11/h2,4H,1,3,9H2. The lowest BCUT2D eigenvalue weighted by Crippen LogP contribution is -2.23. The number of anilines is 1. The summed E-state index contributed by atoms with van der Waals surface area (Å²) in [4.78, 5) is 11.2. The van der Waals surface area contributed by atoms with E-state index in [9.17, 15) is 4.79 Å². The molecule has 0 saturated carbocycles. The summed E-state index contributed by atoms with van der Waals surface area (Å²) >= 11 is 5.59. The van der Waals surface area contributed by atoms with Crippen LogP contribution in [0.5, 0.6) is 0 Å². The summed E-state index contributed by atoms with van der Waals surface area (Å²) in [6.07, 6.45) is 2.90. The summed E-state index contributed by atoms with van der Waals surface area (Å²) in [7, 11) is 0. The maximum absolute atomic E-state index is 11.2. The second-order valence-corrected chi connectivity index (χ2v) is 2.57. The molecule has 0 aliphatic rings. The van der Waals surface area contributed by atoms with Crippen molar-refractivity contribution in [1.82, 2.24) is 9.78 Å². The van der Waals surface area contributed by atoms with Crippen LogP contribution in [0.3, 0.4) is 0 Å². The predicted molar refractivity (Wildman–Crippen MR) is 48.1 cm³/mol. The predicted octanol–water partition coefficient (Wildman–Crippen LogP) is 0.665. The first-order chi connectivity index (χ1) is 5.66. The molecule has 0 saturated heterocycles. The summed E-state index contributed by atoms with van der Waals surface area (Å²) in [6, 6.07) is 0. The molecule has 0 atom stereocenters. The highest BCUT2D eigenvalue weighted by Gasteiger charge is 2.04. The molecule has 0 aromatic carbocycles. The number of allylic oxidation sites excluding steroid dienone is 1. The Labute approximate surface area is 74.3 Å². The maximum Gasteiger partial charge on any atom is 0.287 e. The first-order valence-corrected chi connectivity index (χ1v) is 3.66. The fraction of sp³-hybridized carbons (Fsp3) is 0.143. The number of nitrogen functional groups attached to an aromatic ring is 1. The summed E-state index contributed by atoms with van der Waals surface area (Å²) in [6.45, 7) is 3.81. The molecule has 1 heterocycles. The lowest BCUT2D eigenvalue weighted by Gasteiger charge is -2.01. The number of aromatic nitrogens is 2. The van der Waals surface area contributed by atoms with Gasteiger partial charge in [-0.1, -0.05) is 17.7 Å². The van der Waals surface area contributed by atoms with Crippen molar-refractivity contribution in [3.05, 3.63) is 34.2 Å². The molecule has 1 aromatic heterocycles. The van der Waals surface area contributed by atoms with Crippen molar-refractivity contribution < 1.29 is 0 Å². The summed E-state index contributed by atoms with van der Waals surface area (Å²) < 4.78 is 1.19. The van der Waals surface area contributed by atoms with E-state index in [4.69, 9.17) is 17.3 Å². The normalized spacial score (nSPS) is 9.75. The van der Waals surface area contributed by atoms with Crippen LogP contribution in [-0.2, 0) is 6.54 Å². The maximum atomic E-state index is 11.2. The Morgan fingerprint density at radius 1 is 1.83 bits per heavy atom. The third-order valence-electron chi connectivity index (χ3n) is 1.31. The van der Waals surface area contributed by atoms with Crippen molar-refractivity contribution in [1.29, 1.82) is 0 Å². The molecule has 1 rings (SSSR count). The van der Waals surface area contributed by atoms with Gasteiger partial charge in [0.15, 0.2) is 0 Å². The van der Waals surface area contributed by atoms with E-state index in [2.05, 4.69) is 11.7 Å². The van der Waals surface area contributed by atoms with Crippen LogP contribution in [-0.4, -0.2) is 9.78 Å². The minimum atomic E-state index is -0.392. The molecule has 0 fully saturated rings. The molecule has 64 valence electrons. The van der Waals surface area contributed by atoms with Gasteiger partial charge in [0, 0.05) is 0 Å². The Kier molecular flexibility index (Phi) is 2.50. The molecule has 0 bridgehead atoms. The minimum Gasteiger partial charge on any atom is -0.396 e. The van der Waals surface area contributed by atoms with Crippen molar-refractivity contribution in [2.24, 2.45) is 0 Å². The van der Waals surface area contributed by atoms with E-state index in [1.54, 1.807) is 6.08 Å². The molecule has 0 aliphatic heterocycles. The first-order valence-electron chi connectivity index (χ1n) is 3.28. The highest BCUT2D eigenvalue weighted by molar-refractivity contribution is 6.32. The van der Waals surface area contributed by atoms with Gasteiger partial charge in [0.05, 0.1) is 18.4 Å². The van der Waals surface area contributed by atoms with Gasteiger partial charge in [0.25, 0.3) is 5.56 Å². The van der Waals surface area contributed by atoms with Crippen LogP contribution in [0.2, 0.25) is 5.02 Å². The molecule has 0 aliphatic carbocycles. The highest BCUT2D eigenvalue weighted by atomic mass is 35.5. The van der Waals surface area contributed by atoms with Gasteiger partial charge in [0.2, 0.25) is 0 Å². The Hall–Kier alpha value is -1.29. The number of nitrogens with two attached hydrogens (primary N) is 1. The smallest absolute Gasteiger partial charge is 0.287 e. The topological polar surface area (TPSA) is 60.9 Å². The van der Waals surface area contributed by atoms with Crippen LogP contribution < -0.4 is 11.3 Å². The lowest BCUT2D eigenvalue weighted by molar-refractivity contribution is 0.653. The summed E-state index contributed by atoms with van der Waals surface area (Å²) in [5.41, 5.74) is 5.16. The third kappa shape index (κ3) is 1.48. The fourth-order valence-electron chi connectivity index (χ4n) is 0.730. The minimum absolute atomic E-state index is 0.00634. The van der Waals surface area contributed by atoms with Crippen LogP contribution in [0.15, 0.2) is 23.6 Å². The van der Waals surface area contributed by atoms with Crippen molar-refractivity contribution in [2.75, 3.05) is 5.73 Å². The quantitative estimate of drug-likeness (QED) is 0.689. The van der Waals surface area contributed by atoms with Crippen molar-refractivity contribution >= 4 is 17.3 Å². The Morgan fingerprint density at radius 2 is 2.50 bits per heavy atom. The van der Waals surface area contributed by atoms with Gasteiger partial charge in [-0.2, -0.15) is 5.10 Å². The molecule has 0 amide bonds. The van der Waals surface area contributed by atoms with Gasteiger partial charge in [-0.3, -0.25) is 4.79 Å². The van der Waals surface area contributed by atoms with Gasteiger partial charge < -0.3 is 5.73 Å². The summed E-state index contributed by atoms with van der Waals surface area (Å²) in [5.74, 6) is 0. The molecular weight excluding hydrogens is 178 g/mol. The van der Waals surface area contributed by atoms with Crippen LogP contribution in [0.1, 0.15) is 0 Å². The Balaban J connectivity index is 3.26. The lowest BCUT2D eigenvalue weighted by atomic mass is 10.5. The van der Waals surface area contributed by atoms with E-state index in [1.807, 2.05) is 0 Å². The number of rotatable bonds is 2. The van der Waals surface area contributed by atoms with Crippen molar-refractivity contribution in [2.45, 2.75) is 6.54 Å². The number of hydrogen-bond acceptors (Lipinski definition) is 3. The van der Waals surface area contributed by atoms with Gasteiger partial charge in [0.1, 0.15) is 5.02 Å². The average molecular weight is 186 g/mol. The molecule has 0 spiro atoms. The van der Waals surface area contributed by atoms with E-state index in [1.165, 1.54) is 10.9 Å². The second-order valence-electron chi connectivity index (χ2n) is 2.19. The first kappa shape index (κ1) is 8.80. The van der Waals surface area contributed by atoms with Crippen molar-refractivity contribution in [3.8, 4) is 0 Å². The third-order valence-corrected chi connectivity index (χ3v) is 1.69. The molecular formula is C7H8ClN3O. The van der Waals surface area contributed by atoms with Crippen LogP contribution in [0, 0.1) is 0 Å². The van der Waals surface area contributed by atoms with Crippen LogP contribution >= 0.6 is 11.6 Å². The largest absolute Gasteiger partial charge is 0.396 e. The molecule has 0 radical (unpaired) electrons. The monoisotopic (exact) mass is 185 g/mol. The second kappa shape index (κ2) is 3.40. The van der Waals surface area contributed by atoms with Crippen LogP contribution in [0.25, 0.3) is 0 Å². The number of hydrogen-bond donors (Lipinski definition) is 1. The van der Waals surface area contributed by atoms with E-state index in [-0.39, 0.29) is 10.7 Å². The van der Waals surface area contributed by atoms with Gasteiger partial charge in [-0.05, 0) is 0 Å². The number of nitrogens with zero attached hydrogens (tertiary/aromatic N) is 2. The highest BCUT2D eigenvalue weighted by Crippen LogP contribution is 2.09. The van der Waals surface area contributed by atoms with E-state index < -0.39 is 5.56 Å². The van der Waals surface area contributed by atoms with Gasteiger partial charge in [-0.25, -0.2) is 4.68 Å². The number of halogens is 1. The zero-order valence-electron chi connectivity index (χ0n) is 6.33. The van der Waals surface area contributed by atoms with E-state index >= 15 is 0 Å². The fourth-order valence-corrected chi connectivity index (χ4v) is 0.876. The molecule has 12 heavy (non-hydrogen) atoms. The molecule has 1 aromatic rings. The van der Waals surface area contributed by atoms with Crippen LogP contribution in [0.4, 0.5) is 5.69 Å². The zero-order valence-corrected chi connectivity index (χ0v) is 7.08. The van der Waals surface area contributed by atoms with Crippen molar-refractivity contribution in [3.63, 3.8) is 0 Å². The zero-order chi connectivity index (χ0) is 9.14. The Morgan fingerprint density at radius 3 is 3.08 bits per heavy atom. The summed E-state index contributed by atoms with van der Waals surface area (Å²) in [5, 5.41) is 3.76. The van der Waals surface area contributed by atoms with E-state index in [0.717, 1.165) is 0 Å². The molecule has 0 unspecified atom stereocenters. The van der Waals surface area contributed by atoms with E-state index in [0.29, 0.717) is 6.54 Å². The SMILES string of the molecule is C=CCn1ncc(N)c(Cl)c1=O. The van der Waals surface area contributed by atoms with Gasteiger partial charge >= 0.3 is 0 Å². The Bertz CT molecular complexity index is 358. The van der Waals surface area contributed by atoms with Gasteiger partial charge in [-0.15, -0.1) is 6.58 Å². The average Bonchev–Trinajstić information content (AvgIpc) is 2.07.